The van der Waals surface area contributed by atoms with Gasteiger partial charge in [-0.15, -0.1) is 0 Å². The summed E-state index contributed by atoms with van der Waals surface area (Å²) in [5.74, 6) is 1.23. The third kappa shape index (κ3) is 3.20. The molecule has 6 heteroatoms. The monoisotopic (exact) mass is 324 g/mol. The Morgan fingerprint density at radius 1 is 1.32 bits per heavy atom. The Labute approximate surface area is 119 Å². The molecule has 1 heterocycles. The van der Waals surface area contributed by atoms with Crippen LogP contribution in [-0.4, -0.2) is 9.97 Å². The third-order valence-corrected chi connectivity index (χ3v) is 3.16. The molecule has 0 fully saturated rings. The molecule has 1 aromatic carbocycles. The van der Waals surface area contributed by atoms with Crippen LogP contribution >= 0.6 is 15.9 Å². The highest BCUT2D eigenvalue weighted by Gasteiger charge is 2.10. The number of nitrogens with one attached hydrogen (secondary N) is 1. The van der Waals surface area contributed by atoms with Crippen LogP contribution in [0.5, 0.6) is 0 Å². The van der Waals surface area contributed by atoms with Crippen molar-refractivity contribution in [2.75, 3.05) is 11.1 Å². The summed E-state index contributed by atoms with van der Waals surface area (Å²) in [6.07, 6.45) is 0. The molecule has 0 aliphatic rings. The zero-order valence-corrected chi connectivity index (χ0v) is 12.2. The number of halogens is 2. The lowest BCUT2D eigenvalue weighted by atomic mass is 10.2. The Morgan fingerprint density at radius 3 is 2.68 bits per heavy atom. The molecule has 0 aliphatic heterocycles. The van der Waals surface area contributed by atoms with Crippen molar-refractivity contribution in [3.05, 3.63) is 40.4 Å². The first-order valence-electron chi connectivity index (χ1n) is 5.83. The van der Waals surface area contributed by atoms with Gasteiger partial charge >= 0.3 is 0 Å². The van der Waals surface area contributed by atoms with Crippen molar-refractivity contribution in [2.45, 2.75) is 19.8 Å². The molecule has 0 spiro atoms. The summed E-state index contributed by atoms with van der Waals surface area (Å²) in [5.41, 5.74) is 6.06. The lowest BCUT2D eigenvalue weighted by molar-refractivity contribution is 0.631. The molecule has 0 atom stereocenters. The van der Waals surface area contributed by atoms with Crippen molar-refractivity contribution in [1.29, 1.82) is 0 Å². The highest BCUT2D eigenvalue weighted by Crippen LogP contribution is 2.28. The molecule has 2 rings (SSSR count). The van der Waals surface area contributed by atoms with E-state index in [9.17, 15) is 4.39 Å². The first-order valence-corrected chi connectivity index (χ1v) is 6.62. The molecule has 19 heavy (non-hydrogen) atoms. The zero-order chi connectivity index (χ0) is 14.0. The van der Waals surface area contributed by atoms with E-state index in [1.54, 1.807) is 18.2 Å². The Kier molecular flexibility index (Phi) is 3.99. The fourth-order valence-corrected chi connectivity index (χ4v) is 1.99. The maximum atomic E-state index is 13.7. The number of nitrogens with zero attached hydrogens (tertiary/aromatic N) is 2. The molecular formula is C13H14BrFN4. The Balaban J connectivity index is 2.38. The molecule has 100 valence electrons. The van der Waals surface area contributed by atoms with E-state index in [0.29, 0.717) is 27.6 Å². The predicted octanol–water partition coefficient (Wildman–Crippen LogP) is 3.83. The summed E-state index contributed by atoms with van der Waals surface area (Å²) < 4.78 is 14.3. The van der Waals surface area contributed by atoms with Gasteiger partial charge in [0.15, 0.2) is 0 Å². The highest BCUT2D eigenvalue weighted by atomic mass is 79.9. The fraction of sp³-hybridized carbons (Fsp3) is 0.231. The van der Waals surface area contributed by atoms with E-state index in [0.717, 1.165) is 0 Å². The van der Waals surface area contributed by atoms with Gasteiger partial charge < -0.3 is 11.1 Å². The molecule has 1 aromatic heterocycles. The molecule has 0 saturated carbocycles. The van der Waals surface area contributed by atoms with Gasteiger partial charge in [-0.05, 0) is 28.1 Å². The van der Waals surface area contributed by atoms with Crippen molar-refractivity contribution in [1.82, 2.24) is 9.97 Å². The average Bonchev–Trinajstić information content (AvgIpc) is 2.33. The van der Waals surface area contributed by atoms with E-state index in [4.69, 9.17) is 5.73 Å². The Bertz CT molecular complexity index is 581. The third-order valence-electron chi connectivity index (χ3n) is 2.50. The van der Waals surface area contributed by atoms with Crippen LogP contribution in [0.1, 0.15) is 25.6 Å². The molecule has 2 aromatic rings. The normalized spacial score (nSPS) is 10.8. The second-order valence-corrected chi connectivity index (χ2v) is 5.27. The van der Waals surface area contributed by atoms with Crippen molar-refractivity contribution in [3.8, 4) is 0 Å². The number of aromatic nitrogens is 2. The number of nitrogens with two attached hydrogens (primary N) is 1. The fourth-order valence-electron chi connectivity index (χ4n) is 1.55. The number of benzene rings is 1. The largest absolute Gasteiger partial charge is 0.384 e. The van der Waals surface area contributed by atoms with Crippen LogP contribution < -0.4 is 11.1 Å². The van der Waals surface area contributed by atoms with Gasteiger partial charge in [-0.25, -0.2) is 14.4 Å². The molecule has 0 amide bonds. The number of hydrogen-bond donors (Lipinski definition) is 2. The van der Waals surface area contributed by atoms with Gasteiger partial charge in [-0.1, -0.05) is 19.9 Å². The van der Waals surface area contributed by atoms with Crippen molar-refractivity contribution in [3.63, 3.8) is 0 Å². The van der Waals surface area contributed by atoms with Gasteiger partial charge in [0, 0.05) is 16.5 Å². The number of hydrogen-bond acceptors (Lipinski definition) is 4. The summed E-state index contributed by atoms with van der Waals surface area (Å²) in [6, 6.07) is 6.32. The van der Waals surface area contributed by atoms with E-state index < -0.39 is 0 Å². The first kappa shape index (κ1) is 13.7. The minimum atomic E-state index is -0.363. The number of rotatable bonds is 3. The van der Waals surface area contributed by atoms with E-state index in [1.807, 2.05) is 13.8 Å². The van der Waals surface area contributed by atoms with E-state index >= 15 is 0 Å². The number of nitrogen functional groups attached to an aromatic ring is 1. The van der Waals surface area contributed by atoms with E-state index in [2.05, 4.69) is 31.2 Å². The Morgan fingerprint density at radius 2 is 2.05 bits per heavy atom. The number of para-hydroxylation sites is 1. The van der Waals surface area contributed by atoms with E-state index in [1.165, 1.54) is 6.07 Å². The van der Waals surface area contributed by atoms with Crippen LogP contribution in [0.3, 0.4) is 0 Å². The summed E-state index contributed by atoms with van der Waals surface area (Å²) in [5, 5.41) is 2.92. The summed E-state index contributed by atoms with van der Waals surface area (Å²) >= 11 is 3.29. The smallest absolute Gasteiger partial charge is 0.147 e. The molecule has 3 N–H and O–H groups in total. The summed E-state index contributed by atoms with van der Waals surface area (Å²) in [4.78, 5) is 8.46. The molecule has 0 saturated heterocycles. The second kappa shape index (κ2) is 5.52. The van der Waals surface area contributed by atoms with Crippen molar-refractivity contribution < 1.29 is 4.39 Å². The highest BCUT2D eigenvalue weighted by molar-refractivity contribution is 9.10. The topological polar surface area (TPSA) is 63.8 Å². The van der Waals surface area contributed by atoms with Crippen LogP contribution in [0.2, 0.25) is 0 Å². The molecule has 0 radical (unpaired) electrons. The van der Waals surface area contributed by atoms with Crippen LogP contribution in [0.25, 0.3) is 0 Å². The first-order chi connectivity index (χ1) is 8.97. The van der Waals surface area contributed by atoms with Crippen LogP contribution in [0.4, 0.5) is 21.7 Å². The minimum absolute atomic E-state index is 0.146. The van der Waals surface area contributed by atoms with Crippen LogP contribution in [0.15, 0.2) is 28.7 Å². The zero-order valence-electron chi connectivity index (χ0n) is 10.6. The Hall–Kier alpha value is -1.69. The standard InChI is InChI=1S/C13H14BrFN4/c1-7(2)13-17-10(16)6-11(19-13)18-12-8(14)4-3-5-9(12)15/h3-7H,1-2H3,(H3,16,17,18,19). The second-order valence-electron chi connectivity index (χ2n) is 4.41. The summed E-state index contributed by atoms with van der Waals surface area (Å²) in [6.45, 7) is 3.94. The minimum Gasteiger partial charge on any atom is -0.384 e. The van der Waals surface area contributed by atoms with Gasteiger partial charge in [0.2, 0.25) is 0 Å². The van der Waals surface area contributed by atoms with Gasteiger partial charge in [-0.3, -0.25) is 0 Å². The molecule has 0 bridgehead atoms. The maximum Gasteiger partial charge on any atom is 0.147 e. The molecule has 0 unspecified atom stereocenters. The predicted molar refractivity (Wildman–Crippen MR) is 77.9 cm³/mol. The van der Waals surface area contributed by atoms with Gasteiger partial charge in [-0.2, -0.15) is 0 Å². The van der Waals surface area contributed by atoms with Gasteiger partial charge in [0.25, 0.3) is 0 Å². The van der Waals surface area contributed by atoms with Crippen molar-refractivity contribution >= 4 is 33.3 Å². The molecule has 4 nitrogen and oxygen atoms in total. The number of anilines is 3. The average molecular weight is 325 g/mol. The molecule has 0 aliphatic carbocycles. The maximum absolute atomic E-state index is 13.7. The lowest BCUT2D eigenvalue weighted by Gasteiger charge is -2.11. The van der Waals surface area contributed by atoms with Crippen LogP contribution in [-0.2, 0) is 0 Å². The molecular weight excluding hydrogens is 311 g/mol. The summed E-state index contributed by atoms with van der Waals surface area (Å²) in [7, 11) is 0. The van der Waals surface area contributed by atoms with E-state index in [-0.39, 0.29) is 11.7 Å². The van der Waals surface area contributed by atoms with Gasteiger partial charge in [0.05, 0.1) is 5.69 Å². The lowest BCUT2D eigenvalue weighted by Crippen LogP contribution is -2.05. The SMILES string of the molecule is CC(C)c1nc(N)cc(Nc2c(F)cccc2Br)n1. The van der Waals surface area contributed by atoms with Crippen molar-refractivity contribution in [2.24, 2.45) is 0 Å². The quantitative estimate of drug-likeness (QED) is 0.900. The van der Waals surface area contributed by atoms with Gasteiger partial charge in [0.1, 0.15) is 23.3 Å². The van der Waals surface area contributed by atoms with Crippen LogP contribution in [0, 0.1) is 5.82 Å².